The van der Waals surface area contributed by atoms with Gasteiger partial charge in [-0.3, -0.25) is 29.8 Å². The molecule has 774 valence electrons. The molecule has 2 aliphatic heterocycles. The molecule has 1 saturated heterocycles. The predicted octanol–water partition coefficient (Wildman–Crippen LogP) is 24.8. The normalized spacial score (nSPS) is 15.5. The second-order valence-corrected chi connectivity index (χ2v) is 37.4. The van der Waals surface area contributed by atoms with Crippen LogP contribution < -0.4 is 26.4 Å². The fourth-order valence-electron chi connectivity index (χ4n) is 13.0. The van der Waals surface area contributed by atoms with E-state index in [0.29, 0.717) is 24.3 Å². The number of alkyl halides is 13. The zero-order valence-electron chi connectivity index (χ0n) is 78.6. The van der Waals surface area contributed by atoms with Gasteiger partial charge >= 0.3 is 12.5 Å². The van der Waals surface area contributed by atoms with Crippen molar-refractivity contribution in [2.75, 3.05) is 31.6 Å². The van der Waals surface area contributed by atoms with Gasteiger partial charge < -0.3 is 25.4 Å². The highest BCUT2D eigenvalue weighted by Crippen LogP contribution is 2.43. The Morgan fingerprint density at radius 1 is 0.493 bits per heavy atom. The first-order valence-corrected chi connectivity index (χ1v) is 46.7. The Bertz CT molecular complexity index is 6030. The van der Waals surface area contributed by atoms with Gasteiger partial charge in [-0.25, -0.2) is 111 Å². The van der Waals surface area contributed by atoms with Crippen LogP contribution in [-0.4, -0.2) is 140 Å². The number of hydrogen-bond donors (Lipinski definition) is 5. The van der Waals surface area contributed by atoms with Gasteiger partial charge in [0.1, 0.15) is 86.0 Å². The Morgan fingerprint density at radius 2 is 0.882 bits per heavy atom. The lowest BCUT2D eigenvalue weighted by molar-refractivity contribution is 0.00517. The number of halogens is 21. The monoisotopic (exact) mass is 2130 g/mol. The molecule has 4 amide bonds. The Hall–Kier alpha value is -12.9. The molecule has 0 bridgehead atoms. The third-order valence-corrected chi connectivity index (χ3v) is 24.3. The van der Waals surface area contributed by atoms with Crippen molar-refractivity contribution in [3.05, 3.63) is 402 Å². The van der Waals surface area contributed by atoms with Crippen molar-refractivity contribution in [1.29, 1.82) is 0 Å². The van der Waals surface area contributed by atoms with Gasteiger partial charge in [0.15, 0.2) is 11.3 Å². The minimum Gasteiger partial charge on any atom is -0.461 e. The molecule has 0 radical (unpaired) electrons. The van der Waals surface area contributed by atoms with Crippen LogP contribution in [0.15, 0.2) is 309 Å². The van der Waals surface area contributed by atoms with E-state index >= 15 is 0 Å². The van der Waals surface area contributed by atoms with Crippen molar-refractivity contribution in [2.24, 2.45) is 15.1 Å². The first kappa shape index (κ1) is 122. The van der Waals surface area contributed by atoms with Crippen LogP contribution in [0.3, 0.4) is 0 Å². The summed E-state index contributed by atoms with van der Waals surface area (Å²) in [6.07, 6.45) is -16.2. The maximum absolute atomic E-state index is 14.3. The molecule has 2 heterocycles. The van der Waals surface area contributed by atoms with E-state index < -0.39 is 186 Å². The summed E-state index contributed by atoms with van der Waals surface area (Å²) in [5, 5.41) is 6.66. The number of amidine groups is 1. The number of nitrogens with zero attached hydrogens (tertiary/aromatic N) is 3. The average molecular weight is 2140 g/mol. The highest BCUT2D eigenvalue weighted by atomic mass is 79.9. The molecular formula is C104H105BrF20N8O9S2. The van der Waals surface area contributed by atoms with E-state index in [9.17, 15) is 120 Å². The predicted molar refractivity (Wildman–Crippen MR) is 521 cm³/mol. The molecule has 6 N–H and O–H groups in total. The van der Waals surface area contributed by atoms with Crippen molar-refractivity contribution in [2.45, 2.75) is 150 Å². The summed E-state index contributed by atoms with van der Waals surface area (Å²) in [5.74, 6) is -8.59. The molecule has 2 aliphatic rings. The average Bonchev–Trinajstić information content (AvgIpc) is 0.758. The van der Waals surface area contributed by atoms with Gasteiger partial charge in [-0.05, 0) is 165 Å². The molecule has 1 fully saturated rings. The van der Waals surface area contributed by atoms with Crippen molar-refractivity contribution in [1.82, 2.24) is 25.6 Å². The minimum atomic E-state index is -3.15. The van der Waals surface area contributed by atoms with Crippen LogP contribution in [0.25, 0.3) is 5.70 Å². The fourth-order valence-corrected chi connectivity index (χ4v) is 14.9. The summed E-state index contributed by atoms with van der Waals surface area (Å²) in [6.45, 7) is 28.2. The van der Waals surface area contributed by atoms with Crippen molar-refractivity contribution < 1.29 is 130 Å². The zero-order valence-corrected chi connectivity index (χ0v) is 81.8. The van der Waals surface area contributed by atoms with Crippen LogP contribution in [0.1, 0.15) is 149 Å². The van der Waals surface area contributed by atoms with Gasteiger partial charge in [-0.15, -0.1) is 19.7 Å². The van der Waals surface area contributed by atoms with Crippen molar-refractivity contribution in [3.63, 3.8) is 0 Å². The standard InChI is InChI=1S/C19H16BrF3N2O2.C19H17F3N2O2.C15H20F3NOS.C12H14F3NOS.C12H14FNO.C11H12F3N.C8H5F3O.C8H7FO/c20-11-13-10-19(17(22)23,14-8-4-5-9-15(14)21)25-18(27-13)24-16(26)12-6-2-1-3-7-12;1-2-12-19(17(21)22,14-10-6-7-11-15(14)20)24-18(26)23-16(25)13-8-4-3-5-9-13;1-5-10-15(13(17)18,19-21(20)14(2,3)4)11-8-6-7-9-12(11)16;1-12(2,3)18(17)16-10(11(14)15)8-6-4-5-7-9(8)13;1-10(14-6-8-15-9-7-14)11-4-2-3-5-12(11)13;1-2-7-11(15,10(13)14)8-5-3-4-6-9(8)12;9-6-4-2-1-3-5(6)7(12)8(10)11;1-6(10)7-4-2-3-5-8(7)9/h1-9,13,17H,10-11H2,(H,24,25,26);2-11,17H,1,12H2,(H2,23,24,25,26);5-9,13,19H,1,10H2,2-4H3;4-7,11H,1-3H3;2-5H,1,6-9H2;2-6,10H,1,7,15H2;1-4,8H;2-5H,1H3/t13-,19-;;;;;;;/m0......./s1. The Labute approximate surface area is 834 Å². The maximum atomic E-state index is 14.3. The number of nitrogens with one attached hydrogen (secondary N) is 4. The van der Waals surface area contributed by atoms with Crippen LogP contribution in [-0.2, 0) is 53.6 Å². The molecule has 10 aromatic rings. The molecule has 17 nitrogen and oxygen atoms in total. The third kappa shape index (κ3) is 35.3. The number of benzene rings is 10. The number of nitrogens with two attached hydrogens (primary N) is 1. The minimum absolute atomic E-state index is 0.155. The van der Waals surface area contributed by atoms with Gasteiger partial charge in [0.05, 0.1) is 44.8 Å². The van der Waals surface area contributed by atoms with Gasteiger partial charge in [0.2, 0.25) is 5.78 Å². The SMILES string of the molecule is C=C(c1ccccc1F)N1CCOCC1.C=CCC(N)(c1ccccc1F)C(F)F.C=CCC(NC(=O)NC(=O)c1ccccc1)(c1ccccc1F)C(F)F.C=CCC(NS(=O)C(C)(C)C)(c1ccccc1F)C(F)F.CC(=O)c1ccccc1F.CC(C)(C)S(=O)N=C(c1ccccc1F)C(F)F.O=C(NC1=N[C@@](c2ccccc2F)(C(F)F)C[C@@H](CBr)O1)c1ccccc1.O=C(c1ccccc1F)C(F)F. The molecule has 0 saturated carbocycles. The number of hydrogen-bond acceptors (Lipinski definition) is 12. The van der Waals surface area contributed by atoms with E-state index in [1.807, 2.05) is 11.4 Å². The molecule has 12 rings (SSSR count). The molecule has 144 heavy (non-hydrogen) atoms. The number of carbonyl (C=O) groups excluding carboxylic acids is 5. The second-order valence-electron chi connectivity index (χ2n) is 32.9. The number of carbonyl (C=O) groups is 5. The second kappa shape index (κ2) is 58.2. The largest absolute Gasteiger partial charge is 0.461 e. The first-order valence-electron chi connectivity index (χ1n) is 43.3. The van der Waals surface area contributed by atoms with Crippen LogP contribution in [0.2, 0.25) is 0 Å². The van der Waals surface area contributed by atoms with E-state index in [-0.39, 0.29) is 75.6 Å². The molecule has 0 aromatic heterocycles. The summed E-state index contributed by atoms with van der Waals surface area (Å²) in [7, 11) is -3.64. The van der Waals surface area contributed by atoms with E-state index in [4.69, 9.17) is 15.2 Å². The molecule has 40 heteroatoms. The number of urea groups is 1. The van der Waals surface area contributed by atoms with Gasteiger partial charge in [0.25, 0.3) is 50.0 Å². The Balaban J connectivity index is 0.000000295. The number of amides is 4. The van der Waals surface area contributed by atoms with Crippen LogP contribution in [0.4, 0.5) is 92.6 Å². The lowest BCUT2D eigenvalue weighted by atomic mass is 9.84. The van der Waals surface area contributed by atoms with E-state index in [2.05, 4.69) is 71.9 Å². The van der Waals surface area contributed by atoms with Gasteiger partial charge in [0, 0.05) is 75.0 Å². The van der Waals surface area contributed by atoms with E-state index in [0.717, 1.165) is 73.4 Å². The molecule has 0 aliphatic carbocycles. The lowest BCUT2D eigenvalue weighted by Crippen LogP contribution is -2.55. The van der Waals surface area contributed by atoms with Gasteiger partial charge in [-0.1, -0.05) is 198 Å². The zero-order chi connectivity index (χ0) is 108. The molecule has 0 spiro atoms. The summed E-state index contributed by atoms with van der Waals surface area (Å²) in [6, 6.07) is 57.6. The summed E-state index contributed by atoms with van der Waals surface area (Å²) < 4.78 is 306. The van der Waals surface area contributed by atoms with Crippen molar-refractivity contribution >= 4 is 84.7 Å². The topological polar surface area (TPSA) is 240 Å². The number of imide groups is 1. The third-order valence-electron chi connectivity index (χ3n) is 20.5. The molecule has 7 atom stereocenters. The van der Waals surface area contributed by atoms with E-state index in [1.165, 1.54) is 146 Å². The Kier molecular flexibility index (Phi) is 49.1. The molecule has 5 unspecified atom stereocenters. The van der Waals surface area contributed by atoms with Crippen molar-refractivity contribution in [3.8, 4) is 0 Å². The highest BCUT2D eigenvalue weighted by Gasteiger charge is 2.51. The molecular weight excluding hydrogens is 2030 g/mol. The number of ether oxygens (including phenoxy) is 2. The first-order chi connectivity index (χ1) is 67.9. The number of Topliss-reactive ketones (excluding diaryl/α,β-unsaturated/α-hetero) is 2. The van der Waals surface area contributed by atoms with Crippen LogP contribution in [0, 0.1) is 46.5 Å². The molecule has 10 aromatic carbocycles. The number of morpholine rings is 1. The summed E-state index contributed by atoms with van der Waals surface area (Å²) in [5.41, 5.74) is -3.74. The maximum Gasteiger partial charge on any atom is 0.322 e. The number of rotatable bonds is 28. The fraction of sp³-hybridized carbons (Fsp3) is 0.279. The van der Waals surface area contributed by atoms with Gasteiger partial charge in [-0.2, -0.15) is 4.40 Å². The summed E-state index contributed by atoms with van der Waals surface area (Å²) >= 11 is 3.21. The Morgan fingerprint density at radius 3 is 1.26 bits per heavy atom. The number of aliphatic imine (C=N–C) groups is 1. The van der Waals surface area contributed by atoms with E-state index in [1.54, 1.807) is 114 Å². The number of ketones is 2. The summed E-state index contributed by atoms with van der Waals surface area (Å²) in [4.78, 5) is 63.8. The quantitative estimate of drug-likeness (QED) is 0.0102. The highest BCUT2D eigenvalue weighted by molar-refractivity contribution is 9.09. The smallest absolute Gasteiger partial charge is 0.322 e. The van der Waals surface area contributed by atoms with Crippen LogP contribution in [0.5, 0.6) is 0 Å². The van der Waals surface area contributed by atoms with Crippen LogP contribution >= 0.6 is 15.9 Å². The lowest BCUT2D eigenvalue weighted by Gasteiger charge is -2.37.